The van der Waals surface area contributed by atoms with Crippen molar-refractivity contribution in [3.05, 3.63) is 0 Å². The van der Waals surface area contributed by atoms with Crippen molar-refractivity contribution in [2.75, 3.05) is 13.2 Å². The van der Waals surface area contributed by atoms with Gasteiger partial charge in [-0.1, -0.05) is 48.0 Å². The number of ether oxygens (including phenoxy) is 2. The number of carbonyl (C=O) groups excluding carboxylic acids is 2. The summed E-state index contributed by atoms with van der Waals surface area (Å²) < 4.78 is 9.75. The fourth-order valence-electron chi connectivity index (χ4n) is 1.12. The lowest BCUT2D eigenvalue weighted by atomic mass is 10.1. The third kappa shape index (κ3) is 34.7. The van der Waals surface area contributed by atoms with Gasteiger partial charge in [0.1, 0.15) is 0 Å². The Kier molecular flexibility index (Phi) is 25.3. The normalized spacial score (nSPS) is 9.24. The summed E-state index contributed by atoms with van der Waals surface area (Å²) in [6.07, 6.45) is 5.17. The lowest BCUT2D eigenvalue weighted by molar-refractivity contribution is -0.144. The molecule has 0 radical (unpaired) electrons. The molecule has 0 aliphatic heterocycles. The van der Waals surface area contributed by atoms with Crippen molar-refractivity contribution in [2.45, 2.75) is 86.5 Å². The first-order valence-corrected chi connectivity index (χ1v) is 9.27. The molecule has 0 amide bonds. The second-order valence-electron chi connectivity index (χ2n) is 5.83. The molecule has 6 nitrogen and oxygen atoms in total. The van der Waals surface area contributed by atoms with E-state index in [2.05, 4.69) is 20.8 Å². The van der Waals surface area contributed by atoms with Crippen LogP contribution in [0.15, 0.2) is 0 Å². The van der Waals surface area contributed by atoms with Crippen molar-refractivity contribution >= 4 is 17.9 Å². The van der Waals surface area contributed by atoms with Gasteiger partial charge in [-0.05, 0) is 25.2 Å². The molecule has 0 aromatic carbocycles. The predicted octanol–water partition coefficient (Wildman–Crippen LogP) is 4.60. The first kappa shape index (κ1) is 28.2. The molecule has 1 N–H and O–H groups in total. The third-order valence-corrected chi connectivity index (χ3v) is 2.76. The topological polar surface area (TPSA) is 89.9 Å². The summed E-state index contributed by atoms with van der Waals surface area (Å²) in [7, 11) is 0. The molecule has 0 fully saturated rings. The molecular formula is C19H38O6. The van der Waals surface area contributed by atoms with Crippen LogP contribution in [0.5, 0.6) is 0 Å². The van der Waals surface area contributed by atoms with Crippen LogP contribution in [-0.2, 0) is 23.9 Å². The van der Waals surface area contributed by atoms with Crippen molar-refractivity contribution < 1.29 is 29.0 Å². The Hall–Kier alpha value is -1.59. The monoisotopic (exact) mass is 362 g/mol. The van der Waals surface area contributed by atoms with Crippen LogP contribution in [0, 0.1) is 5.92 Å². The second-order valence-corrected chi connectivity index (χ2v) is 5.83. The number of rotatable bonds is 10. The number of carboxylic acids is 1. The van der Waals surface area contributed by atoms with Crippen LogP contribution in [0.25, 0.3) is 0 Å². The highest BCUT2D eigenvalue weighted by Crippen LogP contribution is 2.00. The molecular weight excluding hydrogens is 324 g/mol. The molecule has 0 unspecified atom stereocenters. The second kappa shape index (κ2) is 22.4. The van der Waals surface area contributed by atoms with Crippen LogP contribution in [0.3, 0.4) is 0 Å². The number of esters is 2. The van der Waals surface area contributed by atoms with E-state index in [0.29, 0.717) is 32.0 Å². The standard InChI is InChI=1S/C9H18O2.C7H14O2.C3H6O2/c1-4-5-9(10)11-7-6-8(2)3;1-3-5-6-9-7(8)4-2;1-2-3(4)5/h8H,4-7H2,1-3H3;3-6H2,1-2H3;2H2,1H3,(H,4,5). The molecule has 0 aliphatic rings. The summed E-state index contributed by atoms with van der Waals surface area (Å²) in [5.41, 5.74) is 0. The SMILES string of the molecule is CCC(=O)O.CCCC(=O)OCCC(C)C.CCCCOC(=O)CC. The van der Waals surface area contributed by atoms with E-state index in [4.69, 9.17) is 14.6 Å². The van der Waals surface area contributed by atoms with Gasteiger partial charge in [-0.25, -0.2) is 0 Å². The Morgan fingerprint density at radius 1 is 0.840 bits per heavy atom. The third-order valence-electron chi connectivity index (χ3n) is 2.76. The Bertz CT molecular complexity index is 326. The molecule has 0 aliphatic carbocycles. The van der Waals surface area contributed by atoms with E-state index in [1.165, 1.54) is 0 Å². The number of hydrogen-bond donors (Lipinski definition) is 1. The van der Waals surface area contributed by atoms with Crippen molar-refractivity contribution in [2.24, 2.45) is 5.92 Å². The van der Waals surface area contributed by atoms with Gasteiger partial charge in [0.15, 0.2) is 0 Å². The number of carboxylic acid groups (broad SMARTS) is 1. The Morgan fingerprint density at radius 2 is 1.36 bits per heavy atom. The summed E-state index contributed by atoms with van der Waals surface area (Å²) >= 11 is 0. The van der Waals surface area contributed by atoms with E-state index < -0.39 is 5.97 Å². The number of unbranched alkanes of at least 4 members (excludes halogenated alkanes) is 1. The molecule has 150 valence electrons. The van der Waals surface area contributed by atoms with Gasteiger partial charge in [-0.15, -0.1) is 0 Å². The molecule has 0 atom stereocenters. The van der Waals surface area contributed by atoms with E-state index in [9.17, 15) is 14.4 Å². The van der Waals surface area contributed by atoms with Gasteiger partial charge >= 0.3 is 17.9 Å². The summed E-state index contributed by atoms with van der Waals surface area (Å²) in [5.74, 6) is -0.286. The van der Waals surface area contributed by atoms with Crippen LogP contribution in [0.1, 0.15) is 86.5 Å². The van der Waals surface area contributed by atoms with Gasteiger partial charge in [-0.2, -0.15) is 0 Å². The quantitative estimate of drug-likeness (QED) is 0.451. The zero-order chi connectivity index (χ0) is 20.1. The number of hydrogen-bond acceptors (Lipinski definition) is 5. The first-order chi connectivity index (χ1) is 11.7. The fraction of sp³-hybridized carbons (Fsp3) is 0.842. The molecule has 25 heavy (non-hydrogen) atoms. The Morgan fingerprint density at radius 3 is 1.72 bits per heavy atom. The maximum absolute atomic E-state index is 10.8. The van der Waals surface area contributed by atoms with Crippen LogP contribution in [0.4, 0.5) is 0 Å². The summed E-state index contributed by atoms with van der Waals surface area (Å²) in [6, 6.07) is 0. The molecule has 0 spiro atoms. The lowest BCUT2D eigenvalue weighted by Crippen LogP contribution is -2.06. The maximum atomic E-state index is 10.8. The lowest BCUT2D eigenvalue weighted by Gasteiger charge is -2.05. The van der Waals surface area contributed by atoms with Gasteiger partial charge in [0.05, 0.1) is 13.2 Å². The average Bonchev–Trinajstić information content (AvgIpc) is 2.56. The minimum absolute atomic E-state index is 0.0619. The van der Waals surface area contributed by atoms with Crippen LogP contribution < -0.4 is 0 Å². The van der Waals surface area contributed by atoms with E-state index in [1.54, 1.807) is 13.8 Å². The molecule has 0 rings (SSSR count). The van der Waals surface area contributed by atoms with Crippen LogP contribution in [0.2, 0.25) is 0 Å². The van der Waals surface area contributed by atoms with Gasteiger partial charge < -0.3 is 14.6 Å². The summed E-state index contributed by atoms with van der Waals surface area (Å²) in [5, 5.41) is 7.72. The van der Waals surface area contributed by atoms with Crippen LogP contribution >= 0.6 is 0 Å². The van der Waals surface area contributed by atoms with Crippen molar-refractivity contribution in [1.29, 1.82) is 0 Å². The van der Waals surface area contributed by atoms with Crippen molar-refractivity contribution in [3.63, 3.8) is 0 Å². The van der Waals surface area contributed by atoms with E-state index >= 15 is 0 Å². The van der Waals surface area contributed by atoms with Crippen molar-refractivity contribution in [1.82, 2.24) is 0 Å². The maximum Gasteiger partial charge on any atom is 0.305 e. The molecule has 0 aromatic rings. The van der Waals surface area contributed by atoms with Gasteiger partial charge in [0, 0.05) is 19.3 Å². The molecule has 0 bridgehead atoms. The highest BCUT2D eigenvalue weighted by Gasteiger charge is 2.00. The van der Waals surface area contributed by atoms with Gasteiger partial charge in [-0.3, -0.25) is 14.4 Å². The fourth-order valence-corrected chi connectivity index (χ4v) is 1.12. The Labute approximate surface area is 153 Å². The minimum Gasteiger partial charge on any atom is -0.481 e. The van der Waals surface area contributed by atoms with E-state index in [0.717, 1.165) is 25.7 Å². The zero-order valence-electron chi connectivity index (χ0n) is 16.9. The molecule has 0 heterocycles. The number of carbonyl (C=O) groups is 3. The molecule has 0 aromatic heterocycles. The number of aliphatic carboxylic acids is 1. The minimum atomic E-state index is -0.745. The van der Waals surface area contributed by atoms with Gasteiger partial charge in [0.2, 0.25) is 0 Å². The van der Waals surface area contributed by atoms with Crippen molar-refractivity contribution in [3.8, 4) is 0 Å². The molecule has 0 saturated heterocycles. The predicted molar refractivity (Wildman–Crippen MR) is 99.4 cm³/mol. The largest absolute Gasteiger partial charge is 0.481 e. The molecule has 6 heteroatoms. The zero-order valence-corrected chi connectivity index (χ0v) is 16.9. The summed E-state index contributed by atoms with van der Waals surface area (Å²) in [4.78, 5) is 30.6. The van der Waals surface area contributed by atoms with E-state index in [1.807, 2.05) is 6.92 Å². The first-order valence-electron chi connectivity index (χ1n) is 9.27. The van der Waals surface area contributed by atoms with Crippen LogP contribution in [-0.4, -0.2) is 36.2 Å². The highest BCUT2D eigenvalue weighted by molar-refractivity contribution is 5.69. The molecule has 0 saturated carbocycles. The summed E-state index contributed by atoms with van der Waals surface area (Å²) in [6.45, 7) is 12.8. The van der Waals surface area contributed by atoms with E-state index in [-0.39, 0.29) is 18.4 Å². The highest BCUT2D eigenvalue weighted by atomic mass is 16.5. The average molecular weight is 363 g/mol. The Balaban J connectivity index is -0.000000311. The van der Waals surface area contributed by atoms with Gasteiger partial charge in [0.25, 0.3) is 0 Å². The smallest absolute Gasteiger partial charge is 0.305 e.